The number of carbonyl (C=O) groups excluding carboxylic acids is 1. The fourth-order valence-electron chi connectivity index (χ4n) is 3.74. The number of amides is 1. The molecule has 0 bridgehead atoms. The predicted octanol–water partition coefficient (Wildman–Crippen LogP) is 2.32. The Morgan fingerprint density at radius 1 is 1.11 bits per heavy atom. The van der Waals surface area contributed by atoms with Gasteiger partial charge in [0, 0.05) is 37.8 Å². The van der Waals surface area contributed by atoms with E-state index in [-0.39, 0.29) is 29.3 Å². The van der Waals surface area contributed by atoms with Gasteiger partial charge in [-0.2, -0.15) is 4.31 Å². The molecule has 2 aliphatic rings. The zero-order chi connectivity index (χ0) is 19.1. The van der Waals surface area contributed by atoms with Gasteiger partial charge in [-0.05, 0) is 62.3 Å². The van der Waals surface area contributed by atoms with E-state index in [4.69, 9.17) is 5.73 Å². The fraction of sp³-hybridized carbons (Fsp3) is 0.632. The van der Waals surface area contributed by atoms with Crippen LogP contribution in [0.1, 0.15) is 47.7 Å². The Hall–Kier alpha value is -1.15. The summed E-state index contributed by atoms with van der Waals surface area (Å²) in [5, 5.41) is 0. The van der Waals surface area contributed by atoms with Crippen LogP contribution in [0.4, 0.5) is 0 Å². The van der Waals surface area contributed by atoms with Crippen LogP contribution in [0.5, 0.6) is 0 Å². The van der Waals surface area contributed by atoms with Gasteiger partial charge in [0.05, 0.1) is 4.90 Å². The van der Waals surface area contributed by atoms with Gasteiger partial charge in [0.2, 0.25) is 10.0 Å². The second kappa shape index (κ2) is 8.47. The maximum absolute atomic E-state index is 13.2. The number of nitrogens with two attached hydrogens (primary N) is 1. The molecule has 152 valence electrons. The van der Waals surface area contributed by atoms with Crippen molar-refractivity contribution in [3.63, 3.8) is 0 Å². The number of sulfonamides is 1. The number of halogens is 1. The highest BCUT2D eigenvalue weighted by molar-refractivity contribution is 7.89. The van der Waals surface area contributed by atoms with Gasteiger partial charge in [0.15, 0.2) is 0 Å². The van der Waals surface area contributed by atoms with E-state index in [0.29, 0.717) is 37.7 Å². The number of benzene rings is 1. The standard InChI is InChI=1S/C19H29N3O3S.ClH/c1-13-4-8-22(9-5-13)26(24,25)18-11-16(10-14(2)15(18)3)19(23)21-7-6-17(20)12-21;/h10-11,13,17H,4-9,12,20H2,1-3H3;1H/t17-;/m1./s1. The van der Waals surface area contributed by atoms with Crippen molar-refractivity contribution in [1.29, 1.82) is 0 Å². The Labute approximate surface area is 168 Å². The normalized spacial score (nSPS) is 21.9. The first-order valence-electron chi connectivity index (χ1n) is 9.36. The van der Waals surface area contributed by atoms with Gasteiger partial charge in [-0.3, -0.25) is 4.79 Å². The van der Waals surface area contributed by atoms with E-state index in [1.807, 2.05) is 13.8 Å². The highest BCUT2D eigenvalue weighted by Gasteiger charge is 2.31. The molecule has 0 aliphatic carbocycles. The van der Waals surface area contributed by atoms with Gasteiger partial charge in [-0.25, -0.2) is 8.42 Å². The fourth-order valence-corrected chi connectivity index (χ4v) is 5.53. The molecule has 0 unspecified atom stereocenters. The van der Waals surface area contributed by atoms with Crippen LogP contribution >= 0.6 is 12.4 Å². The van der Waals surface area contributed by atoms with Crippen molar-refractivity contribution in [2.75, 3.05) is 26.2 Å². The van der Waals surface area contributed by atoms with E-state index < -0.39 is 10.0 Å². The Morgan fingerprint density at radius 3 is 2.30 bits per heavy atom. The van der Waals surface area contributed by atoms with E-state index in [1.165, 1.54) is 0 Å². The van der Waals surface area contributed by atoms with E-state index in [9.17, 15) is 13.2 Å². The van der Waals surface area contributed by atoms with E-state index >= 15 is 0 Å². The van der Waals surface area contributed by atoms with Crippen molar-refractivity contribution >= 4 is 28.3 Å². The number of aryl methyl sites for hydroxylation is 1. The van der Waals surface area contributed by atoms with Crippen LogP contribution < -0.4 is 5.73 Å². The Balaban J connectivity index is 0.00000261. The molecule has 2 N–H and O–H groups in total. The first-order chi connectivity index (χ1) is 12.2. The summed E-state index contributed by atoms with van der Waals surface area (Å²) in [5.41, 5.74) is 7.89. The third kappa shape index (κ3) is 4.47. The molecule has 27 heavy (non-hydrogen) atoms. The van der Waals surface area contributed by atoms with Crippen molar-refractivity contribution in [2.45, 2.75) is 51.0 Å². The second-order valence-electron chi connectivity index (χ2n) is 7.80. The molecule has 1 aromatic carbocycles. The SMILES string of the molecule is Cc1cc(C(=O)N2CC[C@@H](N)C2)cc(S(=O)(=O)N2CCC(C)CC2)c1C.Cl. The molecular formula is C19H30ClN3O3S. The predicted molar refractivity (Wildman–Crippen MR) is 109 cm³/mol. The zero-order valence-corrected chi connectivity index (χ0v) is 17.9. The first-order valence-corrected chi connectivity index (χ1v) is 10.8. The molecule has 0 aromatic heterocycles. The molecule has 0 radical (unpaired) electrons. The van der Waals surface area contributed by atoms with E-state index in [1.54, 1.807) is 21.3 Å². The molecule has 6 nitrogen and oxygen atoms in total. The summed E-state index contributed by atoms with van der Waals surface area (Å²) >= 11 is 0. The minimum absolute atomic E-state index is 0. The lowest BCUT2D eigenvalue weighted by molar-refractivity contribution is 0.0790. The summed E-state index contributed by atoms with van der Waals surface area (Å²) in [6, 6.07) is 3.35. The lowest BCUT2D eigenvalue weighted by Crippen LogP contribution is -2.38. The number of carbonyl (C=O) groups is 1. The summed E-state index contributed by atoms with van der Waals surface area (Å²) in [5.74, 6) is 0.418. The van der Waals surface area contributed by atoms with Gasteiger partial charge >= 0.3 is 0 Å². The molecule has 8 heteroatoms. The number of piperidine rings is 1. The van der Waals surface area contributed by atoms with Crippen LogP contribution in [0.2, 0.25) is 0 Å². The third-order valence-electron chi connectivity index (χ3n) is 5.74. The first kappa shape index (κ1) is 22.1. The largest absolute Gasteiger partial charge is 0.337 e. The van der Waals surface area contributed by atoms with Gasteiger partial charge in [0.1, 0.15) is 0 Å². The molecule has 1 aromatic rings. The zero-order valence-electron chi connectivity index (χ0n) is 16.3. The van der Waals surface area contributed by atoms with Gasteiger partial charge in [-0.15, -0.1) is 12.4 Å². The van der Waals surface area contributed by atoms with Crippen molar-refractivity contribution in [2.24, 2.45) is 11.7 Å². The molecule has 3 rings (SSSR count). The van der Waals surface area contributed by atoms with E-state index in [0.717, 1.165) is 30.4 Å². The number of hydrogen-bond donors (Lipinski definition) is 1. The second-order valence-corrected chi connectivity index (χ2v) is 9.71. The van der Waals surface area contributed by atoms with Crippen LogP contribution in [0.15, 0.2) is 17.0 Å². The molecule has 1 atom stereocenters. The molecule has 2 aliphatic heterocycles. The molecule has 0 saturated carbocycles. The highest BCUT2D eigenvalue weighted by Crippen LogP contribution is 2.28. The van der Waals surface area contributed by atoms with Crippen LogP contribution in [0.3, 0.4) is 0 Å². The Bertz CT molecular complexity index is 805. The maximum atomic E-state index is 13.2. The molecule has 2 saturated heterocycles. The Morgan fingerprint density at radius 2 is 1.74 bits per heavy atom. The van der Waals surface area contributed by atoms with Crippen molar-refractivity contribution in [3.05, 3.63) is 28.8 Å². The summed E-state index contributed by atoms with van der Waals surface area (Å²) in [4.78, 5) is 14.8. The number of hydrogen-bond acceptors (Lipinski definition) is 4. The van der Waals surface area contributed by atoms with Crippen molar-refractivity contribution in [1.82, 2.24) is 9.21 Å². The monoisotopic (exact) mass is 415 g/mol. The minimum Gasteiger partial charge on any atom is -0.337 e. The third-order valence-corrected chi connectivity index (χ3v) is 7.76. The highest BCUT2D eigenvalue weighted by atomic mass is 35.5. The van der Waals surface area contributed by atoms with Gasteiger partial charge in [-0.1, -0.05) is 6.92 Å². The lowest BCUT2D eigenvalue weighted by Gasteiger charge is -2.30. The Kier molecular flexibility index (Phi) is 6.95. The molecular weight excluding hydrogens is 386 g/mol. The molecule has 1 amide bonds. The maximum Gasteiger partial charge on any atom is 0.253 e. The van der Waals surface area contributed by atoms with Crippen LogP contribution in [0, 0.1) is 19.8 Å². The molecule has 2 fully saturated rings. The average Bonchev–Trinajstić information content (AvgIpc) is 3.03. The van der Waals surface area contributed by atoms with Crippen LogP contribution in [-0.4, -0.2) is 55.8 Å². The van der Waals surface area contributed by atoms with Crippen molar-refractivity contribution in [3.8, 4) is 0 Å². The minimum atomic E-state index is -3.59. The smallest absolute Gasteiger partial charge is 0.253 e. The van der Waals surface area contributed by atoms with Gasteiger partial charge in [0.25, 0.3) is 5.91 Å². The number of nitrogens with zero attached hydrogens (tertiary/aromatic N) is 2. The van der Waals surface area contributed by atoms with Crippen LogP contribution in [-0.2, 0) is 10.0 Å². The van der Waals surface area contributed by atoms with Gasteiger partial charge < -0.3 is 10.6 Å². The number of likely N-dealkylation sites (tertiary alicyclic amines) is 1. The molecule has 2 heterocycles. The van der Waals surface area contributed by atoms with Crippen LogP contribution in [0.25, 0.3) is 0 Å². The lowest BCUT2D eigenvalue weighted by atomic mass is 10.0. The summed E-state index contributed by atoms with van der Waals surface area (Å²) < 4.78 is 28.0. The molecule has 0 spiro atoms. The number of rotatable bonds is 3. The quantitative estimate of drug-likeness (QED) is 0.821. The summed E-state index contributed by atoms with van der Waals surface area (Å²) in [7, 11) is -3.59. The average molecular weight is 416 g/mol. The van der Waals surface area contributed by atoms with E-state index in [2.05, 4.69) is 6.92 Å². The van der Waals surface area contributed by atoms with Crippen molar-refractivity contribution < 1.29 is 13.2 Å². The summed E-state index contributed by atoms with van der Waals surface area (Å²) in [6.45, 7) is 8.06. The summed E-state index contributed by atoms with van der Waals surface area (Å²) in [6.07, 6.45) is 2.54. The topological polar surface area (TPSA) is 83.7 Å².